The molecule has 0 aliphatic rings. The lowest BCUT2D eigenvalue weighted by Gasteiger charge is -2.19. The zero-order valence-corrected chi connectivity index (χ0v) is 14.4. The molecule has 5 nitrogen and oxygen atoms in total. The fraction of sp³-hybridized carbons (Fsp3) is 0.250. The molecule has 0 aliphatic heterocycles. The summed E-state index contributed by atoms with van der Waals surface area (Å²) in [6, 6.07) is 16.5. The summed E-state index contributed by atoms with van der Waals surface area (Å²) in [6.45, 7) is 3.49. The lowest BCUT2D eigenvalue weighted by Crippen LogP contribution is -2.35. The van der Waals surface area contributed by atoms with Gasteiger partial charge in [-0.1, -0.05) is 36.4 Å². The summed E-state index contributed by atoms with van der Waals surface area (Å²) in [5, 5.41) is 8.92. The number of carbonyl (C=O) groups excluding carboxylic acids is 2. The number of hydrogen-bond acceptors (Lipinski definition) is 4. The maximum atomic E-state index is 12.3. The fourth-order valence-electron chi connectivity index (χ4n) is 2.35. The maximum absolute atomic E-state index is 12.3. The normalized spacial score (nSPS) is 9.96. The summed E-state index contributed by atoms with van der Waals surface area (Å²) < 4.78 is 5.09. The van der Waals surface area contributed by atoms with Gasteiger partial charge in [-0.2, -0.15) is 5.26 Å². The summed E-state index contributed by atoms with van der Waals surface area (Å²) in [5.41, 5.74) is 3.70. The first-order chi connectivity index (χ1) is 12.0. The lowest BCUT2D eigenvalue weighted by atomic mass is 10.0. The molecule has 0 bridgehead atoms. The van der Waals surface area contributed by atoms with Crippen LogP contribution in [0.2, 0.25) is 0 Å². The number of para-hydroxylation sites is 1. The van der Waals surface area contributed by atoms with Gasteiger partial charge in [-0.25, -0.2) is 0 Å². The summed E-state index contributed by atoms with van der Waals surface area (Å²) >= 11 is 0. The molecule has 2 aromatic rings. The Bertz CT molecular complexity index is 794. The van der Waals surface area contributed by atoms with E-state index >= 15 is 0 Å². The number of aryl methyl sites for hydroxylation is 2. The number of amides is 1. The molecule has 25 heavy (non-hydrogen) atoms. The Hall–Kier alpha value is -3.13. The SMILES string of the molecule is Cc1ccc(CC(=O)OCC(=O)N(CC#N)c2ccccc2)cc1C. The van der Waals surface area contributed by atoms with Crippen LogP contribution in [0.3, 0.4) is 0 Å². The van der Waals surface area contributed by atoms with Gasteiger partial charge in [-0.15, -0.1) is 0 Å². The van der Waals surface area contributed by atoms with Gasteiger partial charge in [0.05, 0.1) is 12.5 Å². The summed E-state index contributed by atoms with van der Waals surface area (Å²) in [5.74, 6) is -0.900. The van der Waals surface area contributed by atoms with E-state index in [9.17, 15) is 9.59 Å². The van der Waals surface area contributed by atoms with Gasteiger partial charge in [0.1, 0.15) is 6.54 Å². The van der Waals surface area contributed by atoms with Crippen LogP contribution in [-0.4, -0.2) is 25.0 Å². The highest BCUT2D eigenvalue weighted by Gasteiger charge is 2.17. The molecule has 0 radical (unpaired) electrons. The van der Waals surface area contributed by atoms with Crippen LogP contribution >= 0.6 is 0 Å². The zero-order valence-electron chi connectivity index (χ0n) is 14.4. The van der Waals surface area contributed by atoms with Crippen LogP contribution in [0, 0.1) is 25.2 Å². The van der Waals surface area contributed by atoms with E-state index < -0.39 is 11.9 Å². The molecule has 0 fully saturated rings. The molecule has 0 heterocycles. The number of rotatable bonds is 6. The molecular formula is C20H20N2O3. The monoisotopic (exact) mass is 336 g/mol. The van der Waals surface area contributed by atoms with E-state index in [1.807, 2.05) is 44.2 Å². The van der Waals surface area contributed by atoms with Crippen LogP contribution in [0.25, 0.3) is 0 Å². The molecular weight excluding hydrogens is 316 g/mol. The molecule has 2 aromatic carbocycles. The minimum Gasteiger partial charge on any atom is -0.455 e. The zero-order chi connectivity index (χ0) is 18.2. The molecule has 2 rings (SSSR count). The predicted molar refractivity (Wildman–Crippen MR) is 95.0 cm³/mol. The topological polar surface area (TPSA) is 70.4 Å². The second kappa shape index (κ2) is 8.65. The molecule has 0 saturated carbocycles. The molecule has 0 aromatic heterocycles. The summed E-state index contributed by atoms with van der Waals surface area (Å²) in [6.07, 6.45) is 0.109. The van der Waals surface area contributed by atoms with E-state index in [-0.39, 0.29) is 19.6 Å². The Morgan fingerprint density at radius 1 is 1.08 bits per heavy atom. The van der Waals surface area contributed by atoms with Crippen molar-refractivity contribution in [3.8, 4) is 6.07 Å². The number of benzene rings is 2. The van der Waals surface area contributed by atoms with Crippen LogP contribution in [0.15, 0.2) is 48.5 Å². The first kappa shape index (κ1) is 18.2. The van der Waals surface area contributed by atoms with E-state index in [0.717, 1.165) is 16.7 Å². The Morgan fingerprint density at radius 3 is 2.44 bits per heavy atom. The molecule has 0 unspecified atom stereocenters. The van der Waals surface area contributed by atoms with Crippen molar-refractivity contribution >= 4 is 17.6 Å². The van der Waals surface area contributed by atoms with Gasteiger partial charge in [0, 0.05) is 5.69 Å². The van der Waals surface area contributed by atoms with E-state index in [0.29, 0.717) is 5.69 Å². The number of nitrogens with zero attached hydrogens (tertiary/aromatic N) is 2. The van der Waals surface area contributed by atoms with E-state index in [4.69, 9.17) is 10.00 Å². The number of ether oxygens (including phenoxy) is 1. The van der Waals surface area contributed by atoms with E-state index in [1.165, 1.54) is 4.90 Å². The quantitative estimate of drug-likeness (QED) is 0.601. The summed E-state index contributed by atoms with van der Waals surface area (Å²) in [4.78, 5) is 25.6. The molecule has 0 saturated heterocycles. The number of carbonyl (C=O) groups is 2. The van der Waals surface area contributed by atoms with Crippen molar-refractivity contribution in [1.82, 2.24) is 0 Å². The highest BCUT2D eigenvalue weighted by atomic mass is 16.5. The lowest BCUT2D eigenvalue weighted by molar-refractivity contribution is -0.147. The molecule has 128 valence electrons. The Balaban J connectivity index is 1.94. The van der Waals surface area contributed by atoms with Crippen LogP contribution in [0.5, 0.6) is 0 Å². The van der Waals surface area contributed by atoms with Crippen LogP contribution in [0.4, 0.5) is 5.69 Å². The van der Waals surface area contributed by atoms with Crippen molar-refractivity contribution in [2.45, 2.75) is 20.3 Å². The standard InChI is InChI=1S/C20H20N2O3/c1-15-8-9-17(12-16(15)2)13-20(24)25-14-19(23)22(11-10-21)18-6-4-3-5-7-18/h3-9,12H,11,13-14H2,1-2H3. The third-order valence-corrected chi connectivity index (χ3v) is 3.87. The van der Waals surface area contributed by atoms with Gasteiger partial charge in [-0.3, -0.25) is 14.5 Å². The molecule has 0 spiro atoms. The van der Waals surface area contributed by atoms with Gasteiger partial charge in [0.15, 0.2) is 6.61 Å². The highest BCUT2D eigenvalue weighted by Crippen LogP contribution is 2.14. The van der Waals surface area contributed by atoms with Gasteiger partial charge in [-0.05, 0) is 42.7 Å². The Kier molecular flexibility index (Phi) is 6.30. The van der Waals surface area contributed by atoms with Crippen molar-refractivity contribution in [3.63, 3.8) is 0 Å². The molecule has 1 amide bonds. The molecule has 0 N–H and O–H groups in total. The second-order valence-corrected chi connectivity index (χ2v) is 5.73. The van der Waals surface area contributed by atoms with Crippen molar-refractivity contribution < 1.29 is 14.3 Å². The summed E-state index contributed by atoms with van der Waals surface area (Å²) in [7, 11) is 0. The van der Waals surface area contributed by atoms with Crippen LogP contribution in [-0.2, 0) is 20.7 Å². The van der Waals surface area contributed by atoms with E-state index in [1.54, 1.807) is 24.3 Å². The number of hydrogen-bond donors (Lipinski definition) is 0. The first-order valence-electron chi connectivity index (χ1n) is 7.95. The average molecular weight is 336 g/mol. The van der Waals surface area contributed by atoms with Crippen molar-refractivity contribution in [2.75, 3.05) is 18.1 Å². The largest absolute Gasteiger partial charge is 0.455 e. The van der Waals surface area contributed by atoms with Gasteiger partial charge >= 0.3 is 5.97 Å². The van der Waals surface area contributed by atoms with E-state index in [2.05, 4.69) is 0 Å². The molecule has 0 atom stereocenters. The highest BCUT2D eigenvalue weighted by molar-refractivity contribution is 5.95. The number of esters is 1. The van der Waals surface area contributed by atoms with Gasteiger partial charge in [0.25, 0.3) is 5.91 Å². The maximum Gasteiger partial charge on any atom is 0.310 e. The number of anilines is 1. The van der Waals surface area contributed by atoms with Crippen molar-refractivity contribution in [1.29, 1.82) is 5.26 Å². The van der Waals surface area contributed by atoms with Crippen molar-refractivity contribution in [2.24, 2.45) is 0 Å². The molecule has 0 aliphatic carbocycles. The smallest absolute Gasteiger partial charge is 0.310 e. The average Bonchev–Trinajstić information content (AvgIpc) is 2.61. The minimum absolute atomic E-state index is 0.0996. The first-order valence-corrected chi connectivity index (χ1v) is 7.95. The second-order valence-electron chi connectivity index (χ2n) is 5.73. The predicted octanol–water partition coefficient (Wildman–Crippen LogP) is 2.95. The van der Waals surface area contributed by atoms with Crippen LogP contribution < -0.4 is 4.90 Å². The minimum atomic E-state index is -0.471. The van der Waals surface area contributed by atoms with Crippen LogP contribution in [0.1, 0.15) is 16.7 Å². The third kappa shape index (κ3) is 5.18. The Morgan fingerprint density at radius 2 is 1.80 bits per heavy atom. The van der Waals surface area contributed by atoms with Crippen molar-refractivity contribution in [3.05, 3.63) is 65.2 Å². The van der Waals surface area contributed by atoms with Gasteiger partial charge < -0.3 is 4.74 Å². The third-order valence-electron chi connectivity index (χ3n) is 3.87. The fourth-order valence-corrected chi connectivity index (χ4v) is 2.35. The molecule has 5 heteroatoms. The Labute approximate surface area is 147 Å². The van der Waals surface area contributed by atoms with Gasteiger partial charge in [0.2, 0.25) is 0 Å². The number of nitriles is 1.